The van der Waals surface area contributed by atoms with E-state index in [-0.39, 0.29) is 18.3 Å². The average molecular weight is 277 g/mol. The summed E-state index contributed by atoms with van der Waals surface area (Å²) in [7, 11) is 1.58. The molecule has 1 fully saturated rings. The molecule has 0 N–H and O–H groups in total. The summed E-state index contributed by atoms with van der Waals surface area (Å²) in [6.45, 7) is 5.43. The van der Waals surface area contributed by atoms with E-state index >= 15 is 0 Å². The number of esters is 1. The van der Waals surface area contributed by atoms with E-state index in [4.69, 9.17) is 9.47 Å². The lowest BCUT2D eigenvalue weighted by Gasteiger charge is -2.39. The van der Waals surface area contributed by atoms with E-state index in [0.717, 1.165) is 0 Å². The van der Waals surface area contributed by atoms with Crippen LogP contribution in [-0.4, -0.2) is 30.6 Å². The monoisotopic (exact) mass is 277 g/mol. The number of hydrogen-bond donors (Lipinski definition) is 0. The highest BCUT2D eigenvalue weighted by atomic mass is 16.6. The van der Waals surface area contributed by atoms with Crippen molar-refractivity contribution >= 4 is 17.6 Å². The van der Waals surface area contributed by atoms with Crippen molar-refractivity contribution in [3.63, 3.8) is 0 Å². The Kier molecular flexibility index (Phi) is 3.70. The first-order valence-corrected chi connectivity index (χ1v) is 6.51. The predicted octanol–water partition coefficient (Wildman–Crippen LogP) is 2.14. The molecule has 0 aromatic heterocycles. The number of benzene rings is 1. The van der Waals surface area contributed by atoms with Gasteiger partial charge >= 0.3 is 5.97 Å². The number of methoxy groups -OCH3 is 1. The van der Waals surface area contributed by atoms with Crippen LogP contribution in [-0.2, 0) is 14.3 Å². The van der Waals surface area contributed by atoms with Crippen LogP contribution in [0.5, 0.6) is 5.75 Å². The molecule has 1 saturated heterocycles. The smallest absolute Gasteiger partial charge is 0.330 e. The molecule has 0 unspecified atom stereocenters. The molecule has 0 saturated carbocycles. The Labute approximate surface area is 118 Å². The van der Waals surface area contributed by atoms with Gasteiger partial charge in [-0.1, -0.05) is 0 Å². The molecule has 5 heteroatoms. The Morgan fingerprint density at radius 2 is 1.85 bits per heavy atom. The van der Waals surface area contributed by atoms with Gasteiger partial charge in [0.25, 0.3) is 0 Å². The van der Waals surface area contributed by atoms with Crippen molar-refractivity contribution < 1.29 is 19.1 Å². The summed E-state index contributed by atoms with van der Waals surface area (Å²) in [5.74, 6) is 0.259. The Hall–Kier alpha value is -2.04. The molecular weight excluding hydrogens is 258 g/mol. The fraction of sp³-hybridized carbons (Fsp3) is 0.467. The summed E-state index contributed by atoms with van der Waals surface area (Å²) in [6, 6.07) is 6.50. The highest BCUT2D eigenvalue weighted by Gasteiger charge is 2.44. The van der Waals surface area contributed by atoms with E-state index in [1.54, 1.807) is 31.4 Å². The maximum atomic E-state index is 12.1. The number of rotatable bonds is 3. The van der Waals surface area contributed by atoms with Crippen LogP contribution >= 0.6 is 0 Å². The third kappa shape index (κ3) is 2.92. The summed E-state index contributed by atoms with van der Waals surface area (Å²) in [5.41, 5.74) is 0.124. The minimum Gasteiger partial charge on any atom is -0.497 e. The maximum absolute atomic E-state index is 12.1. The minimum atomic E-state index is -0.554. The Bertz CT molecular complexity index is 516. The lowest BCUT2D eigenvalue weighted by molar-refractivity contribution is -0.160. The van der Waals surface area contributed by atoms with Crippen molar-refractivity contribution in [1.82, 2.24) is 0 Å². The molecule has 20 heavy (non-hydrogen) atoms. The zero-order chi connectivity index (χ0) is 14.9. The number of amides is 1. The lowest BCUT2D eigenvalue weighted by Crippen LogP contribution is -2.58. The predicted molar refractivity (Wildman–Crippen MR) is 74.7 cm³/mol. The number of anilines is 1. The zero-order valence-corrected chi connectivity index (χ0v) is 12.2. The highest BCUT2D eigenvalue weighted by molar-refractivity contribution is 6.08. The fourth-order valence-electron chi connectivity index (χ4n) is 2.04. The van der Waals surface area contributed by atoms with E-state index in [0.29, 0.717) is 11.4 Å². The highest BCUT2D eigenvalue weighted by Crippen LogP contribution is 2.30. The van der Waals surface area contributed by atoms with Gasteiger partial charge in [-0.2, -0.15) is 0 Å². The number of β-lactam (4-membered cyclic amide) rings is 1. The standard InChI is InChI=1S/C15H19NO4/c1-15(2,3)20-14(18)12-9-13(17)16(12)10-5-7-11(19-4)8-6-10/h5-8,12H,9H2,1-4H3/t12-/m1/s1. The van der Waals surface area contributed by atoms with Crippen molar-refractivity contribution in [1.29, 1.82) is 0 Å². The van der Waals surface area contributed by atoms with Gasteiger partial charge in [0, 0.05) is 5.69 Å². The van der Waals surface area contributed by atoms with Crippen molar-refractivity contribution in [2.75, 3.05) is 12.0 Å². The van der Waals surface area contributed by atoms with Crippen LogP contribution in [0.15, 0.2) is 24.3 Å². The number of ether oxygens (including phenoxy) is 2. The molecule has 1 amide bonds. The number of carbonyl (C=O) groups is 2. The van der Waals surface area contributed by atoms with Gasteiger partial charge < -0.3 is 9.47 Å². The van der Waals surface area contributed by atoms with E-state index in [1.807, 2.05) is 20.8 Å². The second-order valence-electron chi connectivity index (χ2n) is 5.72. The summed E-state index contributed by atoms with van der Waals surface area (Å²) >= 11 is 0. The SMILES string of the molecule is COc1ccc(N2C(=O)C[C@@H]2C(=O)OC(C)(C)C)cc1. The molecule has 1 aromatic carbocycles. The first-order chi connectivity index (χ1) is 9.31. The molecular formula is C15H19NO4. The molecule has 1 aliphatic rings. The van der Waals surface area contributed by atoms with Crippen LogP contribution in [0.4, 0.5) is 5.69 Å². The largest absolute Gasteiger partial charge is 0.497 e. The summed E-state index contributed by atoms with van der Waals surface area (Å²) in [4.78, 5) is 25.3. The van der Waals surface area contributed by atoms with E-state index in [9.17, 15) is 9.59 Å². The molecule has 5 nitrogen and oxygen atoms in total. The zero-order valence-electron chi connectivity index (χ0n) is 12.2. The van der Waals surface area contributed by atoms with Crippen molar-refractivity contribution in [3.8, 4) is 5.75 Å². The minimum absolute atomic E-state index is 0.0778. The second kappa shape index (κ2) is 5.15. The van der Waals surface area contributed by atoms with Gasteiger partial charge in [0.1, 0.15) is 17.4 Å². The fourth-order valence-corrected chi connectivity index (χ4v) is 2.04. The van der Waals surface area contributed by atoms with Gasteiger partial charge in [-0.15, -0.1) is 0 Å². The van der Waals surface area contributed by atoms with Crippen LogP contribution in [0.25, 0.3) is 0 Å². The van der Waals surface area contributed by atoms with Gasteiger partial charge in [-0.3, -0.25) is 9.69 Å². The molecule has 1 aliphatic heterocycles. The summed E-state index contributed by atoms with van der Waals surface area (Å²) < 4.78 is 10.4. The second-order valence-corrected chi connectivity index (χ2v) is 5.72. The Morgan fingerprint density at radius 3 is 2.30 bits per heavy atom. The average Bonchev–Trinajstić information content (AvgIpc) is 2.34. The Balaban J connectivity index is 2.13. The molecule has 1 aromatic rings. The molecule has 1 heterocycles. The van der Waals surface area contributed by atoms with Crippen LogP contribution in [0.2, 0.25) is 0 Å². The quantitative estimate of drug-likeness (QED) is 0.627. The third-order valence-corrected chi connectivity index (χ3v) is 2.98. The number of hydrogen-bond acceptors (Lipinski definition) is 4. The topological polar surface area (TPSA) is 55.8 Å². The normalized spacial score (nSPS) is 18.5. The number of carbonyl (C=O) groups excluding carboxylic acids is 2. The van der Waals surface area contributed by atoms with Gasteiger partial charge in [-0.25, -0.2) is 4.79 Å². The molecule has 108 valence electrons. The first-order valence-electron chi connectivity index (χ1n) is 6.51. The summed E-state index contributed by atoms with van der Waals surface area (Å²) in [6.07, 6.45) is 0.195. The molecule has 1 atom stereocenters. The van der Waals surface area contributed by atoms with Crippen molar-refractivity contribution in [2.45, 2.75) is 38.8 Å². The third-order valence-electron chi connectivity index (χ3n) is 2.98. The van der Waals surface area contributed by atoms with E-state index in [1.165, 1.54) is 4.90 Å². The van der Waals surface area contributed by atoms with Gasteiger partial charge in [0.05, 0.1) is 13.5 Å². The van der Waals surface area contributed by atoms with E-state index < -0.39 is 11.6 Å². The van der Waals surface area contributed by atoms with Crippen molar-refractivity contribution in [3.05, 3.63) is 24.3 Å². The first kappa shape index (κ1) is 14.4. The van der Waals surface area contributed by atoms with Crippen LogP contribution in [0.1, 0.15) is 27.2 Å². The van der Waals surface area contributed by atoms with Crippen molar-refractivity contribution in [2.24, 2.45) is 0 Å². The maximum Gasteiger partial charge on any atom is 0.330 e. The Morgan fingerprint density at radius 1 is 1.25 bits per heavy atom. The molecule has 2 rings (SSSR count). The van der Waals surface area contributed by atoms with Crippen LogP contribution in [0, 0.1) is 0 Å². The summed E-state index contributed by atoms with van der Waals surface area (Å²) in [5, 5.41) is 0. The van der Waals surface area contributed by atoms with Crippen LogP contribution < -0.4 is 9.64 Å². The molecule has 0 bridgehead atoms. The molecule has 0 radical (unpaired) electrons. The lowest BCUT2D eigenvalue weighted by atomic mass is 10.00. The van der Waals surface area contributed by atoms with Gasteiger partial charge in [0.2, 0.25) is 5.91 Å². The van der Waals surface area contributed by atoms with E-state index in [2.05, 4.69) is 0 Å². The number of nitrogens with zero attached hydrogens (tertiary/aromatic N) is 1. The molecule has 0 aliphatic carbocycles. The van der Waals surface area contributed by atoms with Gasteiger partial charge in [0.15, 0.2) is 0 Å². The van der Waals surface area contributed by atoms with Crippen LogP contribution in [0.3, 0.4) is 0 Å². The molecule has 0 spiro atoms. The van der Waals surface area contributed by atoms with Gasteiger partial charge in [-0.05, 0) is 45.0 Å².